The molecular weight excluding hydrogens is 354 g/mol. The van der Waals surface area contributed by atoms with Gasteiger partial charge in [-0.2, -0.15) is 0 Å². The van der Waals surface area contributed by atoms with E-state index in [1.54, 1.807) is 29.2 Å². The Balaban J connectivity index is 1.59. The van der Waals surface area contributed by atoms with Crippen LogP contribution in [0.4, 0.5) is 11.4 Å². The molecule has 2 aromatic rings. The molecule has 0 spiro atoms. The van der Waals surface area contributed by atoms with E-state index >= 15 is 0 Å². The molecule has 1 saturated heterocycles. The van der Waals surface area contributed by atoms with E-state index in [0.717, 1.165) is 5.56 Å². The van der Waals surface area contributed by atoms with Gasteiger partial charge in [-0.1, -0.05) is 50.2 Å². The third kappa shape index (κ3) is 4.57. The van der Waals surface area contributed by atoms with Crippen molar-refractivity contribution >= 4 is 23.4 Å². The van der Waals surface area contributed by atoms with E-state index in [9.17, 15) is 14.9 Å². The molecule has 6 nitrogen and oxygen atoms in total. The Labute approximate surface area is 165 Å². The fourth-order valence-corrected chi connectivity index (χ4v) is 3.32. The summed E-state index contributed by atoms with van der Waals surface area (Å²) in [6, 6.07) is 14.9. The van der Waals surface area contributed by atoms with Gasteiger partial charge in [0.1, 0.15) is 5.69 Å². The first-order valence-electron chi connectivity index (χ1n) is 9.51. The van der Waals surface area contributed by atoms with Crippen molar-refractivity contribution in [2.24, 2.45) is 0 Å². The second-order valence-corrected chi connectivity index (χ2v) is 7.21. The van der Waals surface area contributed by atoms with E-state index in [-0.39, 0.29) is 16.5 Å². The van der Waals surface area contributed by atoms with Crippen molar-refractivity contribution in [2.45, 2.75) is 19.8 Å². The Morgan fingerprint density at radius 2 is 1.68 bits per heavy atom. The lowest BCUT2D eigenvalue weighted by Gasteiger charge is -2.35. The first-order chi connectivity index (χ1) is 13.5. The predicted molar refractivity (Wildman–Crippen MR) is 111 cm³/mol. The van der Waals surface area contributed by atoms with Gasteiger partial charge in [-0.15, -0.1) is 0 Å². The van der Waals surface area contributed by atoms with E-state index in [1.807, 2.05) is 23.1 Å². The fraction of sp³-hybridized carbons (Fsp3) is 0.318. The van der Waals surface area contributed by atoms with Crippen LogP contribution in [0.1, 0.15) is 30.9 Å². The molecule has 2 aromatic carbocycles. The van der Waals surface area contributed by atoms with E-state index in [4.69, 9.17) is 0 Å². The average molecular weight is 379 g/mol. The highest BCUT2D eigenvalue weighted by atomic mass is 16.6. The van der Waals surface area contributed by atoms with Crippen molar-refractivity contribution < 1.29 is 9.72 Å². The summed E-state index contributed by atoms with van der Waals surface area (Å²) in [4.78, 5) is 27.1. The SMILES string of the molecule is CC(C)c1ccc(/C=C/C(=O)N2CCN(c3ccccc3[N+](=O)[O-])CC2)cc1. The van der Waals surface area contributed by atoms with Gasteiger partial charge in [0, 0.05) is 38.3 Å². The Hall–Kier alpha value is -3.15. The maximum absolute atomic E-state index is 12.5. The van der Waals surface area contributed by atoms with Crippen LogP contribution in [-0.2, 0) is 4.79 Å². The lowest BCUT2D eigenvalue weighted by molar-refractivity contribution is -0.384. The second kappa shape index (κ2) is 8.69. The van der Waals surface area contributed by atoms with Crippen molar-refractivity contribution in [1.82, 2.24) is 4.90 Å². The van der Waals surface area contributed by atoms with Crippen LogP contribution in [-0.4, -0.2) is 41.9 Å². The number of anilines is 1. The van der Waals surface area contributed by atoms with Crippen molar-refractivity contribution in [2.75, 3.05) is 31.1 Å². The number of para-hydroxylation sites is 2. The molecule has 0 bridgehead atoms. The molecule has 1 aliphatic rings. The summed E-state index contributed by atoms with van der Waals surface area (Å²) in [5, 5.41) is 11.2. The average Bonchev–Trinajstić information content (AvgIpc) is 2.72. The van der Waals surface area contributed by atoms with Crippen LogP contribution in [0.25, 0.3) is 6.08 Å². The van der Waals surface area contributed by atoms with Crippen LogP contribution < -0.4 is 4.90 Å². The zero-order valence-corrected chi connectivity index (χ0v) is 16.2. The van der Waals surface area contributed by atoms with Gasteiger partial charge < -0.3 is 9.80 Å². The Kier molecular flexibility index (Phi) is 6.09. The van der Waals surface area contributed by atoms with Gasteiger partial charge in [-0.3, -0.25) is 14.9 Å². The lowest BCUT2D eigenvalue weighted by Crippen LogP contribution is -2.48. The van der Waals surface area contributed by atoms with Crippen molar-refractivity contribution in [3.05, 3.63) is 75.8 Å². The van der Waals surface area contributed by atoms with Crippen molar-refractivity contribution in [3.8, 4) is 0 Å². The van der Waals surface area contributed by atoms with Gasteiger partial charge in [0.05, 0.1) is 4.92 Å². The number of nitrogens with zero attached hydrogens (tertiary/aromatic N) is 3. The molecule has 0 unspecified atom stereocenters. The molecule has 0 atom stereocenters. The van der Waals surface area contributed by atoms with Crippen LogP contribution in [0.5, 0.6) is 0 Å². The number of nitro benzene ring substituents is 1. The highest BCUT2D eigenvalue weighted by molar-refractivity contribution is 5.92. The van der Waals surface area contributed by atoms with Gasteiger partial charge in [-0.25, -0.2) is 0 Å². The number of carbonyl (C=O) groups is 1. The molecule has 0 saturated carbocycles. The third-order valence-electron chi connectivity index (χ3n) is 5.03. The molecule has 0 aliphatic carbocycles. The van der Waals surface area contributed by atoms with Crippen molar-refractivity contribution in [1.29, 1.82) is 0 Å². The first kappa shape index (κ1) is 19.6. The molecule has 6 heteroatoms. The number of rotatable bonds is 5. The minimum atomic E-state index is -0.361. The fourth-order valence-electron chi connectivity index (χ4n) is 3.32. The molecule has 1 fully saturated rings. The quantitative estimate of drug-likeness (QED) is 0.446. The maximum Gasteiger partial charge on any atom is 0.292 e. The molecule has 1 aliphatic heterocycles. The number of hydrogen-bond acceptors (Lipinski definition) is 4. The van der Waals surface area contributed by atoms with Gasteiger partial charge in [-0.05, 0) is 29.2 Å². The number of hydrogen-bond donors (Lipinski definition) is 0. The summed E-state index contributed by atoms with van der Waals surface area (Å²) in [5.74, 6) is 0.451. The minimum absolute atomic E-state index is 0.0323. The normalized spacial score (nSPS) is 14.7. The standard InChI is InChI=1S/C22H25N3O3/c1-17(2)19-10-7-18(8-11-19)9-12-22(26)24-15-13-23(14-16-24)20-5-3-4-6-21(20)25(27)28/h3-12,17H,13-16H2,1-2H3/b12-9+. The third-order valence-corrected chi connectivity index (χ3v) is 5.03. The molecule has 1 amide bonds. The zero-order valence-electron chi connectivity index (χ0n) is 16.2. The van der Waals surface area contributed by atoms with Gasteiger partial charge >= 0.3 is 0 Å². The largest absolute Gasteiger partial charge is 0.362 e. The second-order valence-electron chi connectivity index (χ2n) is 7.21. The van der Waals surface area contributed by atoms with Crippen LogP contribution in [0.3, 0.4) is 0 Å². The Bertz CT molecular complexity index is 867. The summed E-state index contributed by atoms with van der Waals surface area (Å²) in [5.41, 5.74) is 2.98. The number of benzene rings is 2. The summed E-state index contributed by atoms with van der Waals surface area (Å²) in [6.45, 7) is 6.54. The van der Waals surface area contributed by atoms with Crippen molar-refractivity contribution in [3.63, 3.8) is 0 Å². The van der Waals surface area contributed by atoms with E-state index < -0.39 is 0 Å². The minimum Gasteiger partial charge on any atom is -0.362 e. The molecule has 0 radical (unpaired) electrons. The topological polar surface area (TPSA) is 66.7 Å². The number of amides is 1. The molecule has 0 N–H and O–H groups in total. The predicted octanol–water partition coefficient (Wildman–Crippen LogP) is 4.08. The maximum atomic E-state index is 12.5. The first-order valence-corrected chi connectivity index (χ1v) is 9.51. The lowest BCUT2D eigenvalue weighted by atomic mass is 10.0. The molecule has 146 valence electrons. The number of carbonyl (C=O) groups excluding carboxylic acids is 1. The van der Waals surface area contributed by atoms with Gasteiger partial charge in [0.25, 0.3) is 5.69 Å². The molecule has 1 heterocycles. The number of piperazine rings is 1. The Morgan fingerprint density at radius 3 is 2.29 bits per heavy atom. The summed E-state index contributed by atoms with van der Waals surface area (Å²) in [7, 11) is 0. The zero-order chi connectivity index (χ0) is 20.1. The molecular formula is C22H25N3O3. The van der Waals surface area contributed by atoms with Crippen LogP contribution in [0, 0.1) is 10.1 Å². The summed E-state index contributed by atoms with van der Waals surface area (Å²) < 4.78 is 0. The highest BCUT2D eigenvalue weighted by Gasteiger charge is 2.24. The van der Waals surface area contributed by atoms with Crippen LogP contribution in [0.15, 0.2) is 54.6 Å². The summed E-state index contributed by atoms with van der Waals surface area (Å²) in [6.07, 6.45) is 3.44. The highest BCUT2D eigenvalue weighted by Crippen LogP contribution is 2.28. The van der Waals surface area contributed by atoms with E-state index in [0.29, 0.717) is 37.8 Å². The van der Waals surface area contributed by atoms with Gasteiger partial charge in [0.15, 0.2) is 0 Å². The van der Waals surface area contributed by atoms with E-state index in [2.05, 4.69) is 26.0 Å². The molecule has 28 heavy (non-hydrogen) atoms. The number of nitro groups is 1. The smallest absolute Gasteiger partial charge is 0.292 e. The molecule has 3 rings (SSSR count). The van der Waals surface area contributed by atoms with Crippen LogP contribution in [0.2, 0.25) is 0 Å². The van der Waals surface area contributed by atoms with E-state index in [1.165, 1.54) is 11.6 Å². The molecule has 0 aromatic heterocycles. The van der Waals surface area contributed by atoms with Gasteiger partial charge in [0.2, 0.25) is 5.91 Å². The monoisotopic (exact) mass is 379 g/mol. The summed E-state index contributed by atoms with van der Waals surface area (Å²) >= 11 is 0. The Morgan fingerprint density at radius 1 is 1.04 bits per heavy atom. The van der Waals surface area contributed by atoms with Crippen LogP contribution >= 0.6 is 0 Å².